The summed E-state index contributed by atoms with van der Waals surface area (Å²) in [5, 5.41) is 3.61. The van der Waals surface area contributed by atoms with Crippen molar-refractivity contribution in [3.8, 4) is 0 Å². The van der Waals surface area contributed by atoms with Gasteiger partial charge in [-0.25, -0.2) is 0 Å². The number of carbonyl (C=O) groups is 1. The normalized spacial score (nSPS) is 14.5. The molecule has 0 unspecified atom stereocenters. The van der Waals surface area contributed by atoms with Crippen LogP contribution in [-0.2, 0) is 0 Å². The molecule has 0 saturated carbocycles. The molecule has 3 rings (SSSR count). The predicted molar refractivity (Wildman–Crippen MR) is 101 cm³/mol. The lowest BCUT2D eigenvalue weighted by Gasteiger charge is -2.30. The van der Waals surface area contributed by atoms with Crippen molar-refractivity contribution >= 4 is 46.2 Å². The molecule has 0 aliphatic carbocycles. The largest absolute Gasteiger partial charge is 0.397 e. The fourth-order valence-electron chi connectivity index (χ4n) is 2.90. The number of rotatable bonds is 3. The van der Waals surface area contributed by atoms with Crippen LogP contribution in [0, 0.1) is 0 Å². The van der Waals surface area contributed by atoms with Gasteiger partial charge in [0.05, 0.1) is 21.4 Å². The third-order valence-electron chi connectivity index (χ3n) is 4.16. The van der Waals surface area contributed by atoms with Crippen molar-refractivity contribution in [2.45, 2.75) is 19.3 Å². The van der Waals surface area contributed by atoms with Crippen molar-refractivity contribution in [2.24, 2.45) is 0 Å². The molecule has 0 radical (unpaired) electrons. The minimum absolute atomic E-state index is 0.251. The van der Waals surface area contributed by atoms with Crippen molar-refractivity contribution in [2.75, 3.05) is 29.0 Å². The van der Waals surface area contributed by atoms with E-state index < -0.39 is 0 Å². The quantitative estimate of drug-likeness (QED) is 0.768. The van der Waals surface area contributed by atoms with E-state index in [-0.39, 0.29) is 5.91 Å². The molecule has 126 valence electrons. The van der Waals surface area contributed by atoms with Crippen LogP contribution in [0.1, 0.15) is 29.6 Å². The fourth-order valence-corrected chi connectivity index (χ4v) is 3.19. The number of halogens is 2. The molecular weight excluding hydrogens is 345 g/mol. The lowest BCUT2D eigenvalue weighted by atomic mass is 10.1. The van der Waals surface area contributed by atoms with Crippen LogP contribution in [0.3, 0.4) is 0 Å². The second-order valence-corrected chi connectivity index (χ2v) is 6.72. The van der Waals surface area contributed by atoms with E-state index in [9.17, 15) is 4.79 Å². The molecule has 0 spiro atoms. The number of nitrogens with zero attached hydrogens (tertiary/aromatic N) is 1. The molecule has 1 aliphatic rings. The van der Waals surface area contributed by atoms with E-state index in [2.05, 4.69) is 10.2 Å². The summed E-state index contributed by atoms with van der Waals surface area (Å²) in [4.78, 5) is 14.6. The molecule has 4 nitrogen and oxygen atoms in total. The molecule has 1 amide bonds. The van der Waals surface area contributed by atoms with Gasteiger partial charge >= 0.3 is 0 Å². The first-order valence-electron chi connectivity index (χ1n) is 7.95. The van der Waals surface area contributed by atoms with Gasteiger partial charge < -0.3 is 16.0 Å². The average molecular weight is 364 g/mol. The zero-order valence-electron chi connectivity index (χ0n) is 13.2. The van der Waals surface area contributed by atoms with Gasteiger partial charge in [0.1, 0.15) is 0 Å². The summed E-state index contributed by atoms with van der Waals surface area (Å²) in [5.74, 6) is -0.251. The van der Waals surface area contributed by atoms with Crippen LogP contribution in [0.5, 0.6) is 0 Å². The highest BCUT2D eigenvalue weighted by Crippen LogP contribution is 2.29. The van der Waals surface area contributed by atoms with E-state index in [1.54, 1.807) is 24.3 Å². The summed E-state index contributed by atoms with van der Waals surface area (Å²) >= 11 is 11.8. The highest BCUT2D eigenvalue weighted by molar-refractivity contribution is 6.42. The monoisotopic (exact) mass is 363 g/mol. The molecular formula is C18H19Cl2N3O. The number of hydrogen-bond donors (Lipinski definition) is 2. The molecule has 2 aromatic carbocycles. The number of hydrogen-bond acceptors (Lipinski definition) is 3. The van der Waals surface area contributed by atoms with Crippen LogP contribution in [0.2, 0.25) is 10.0 Å². The number of amides is 1. The van der Waals surface area contributed by atoms with Gasteiger partial charge in [0.2, 0.25) is 0 Å². The Kier molecular flexibility index (Phi) is 5.17. The van der Waals surface area contributed by atoms with Gasteiger partial charge in [0.25, 0.3) is 5.91 Å². The Morgan fingerprint density at radius 2 is 1.75 bits per heavy atom. The van der Waals surface area contributed by atoms with E-state index in [0.717, 1.165) is 18.8 Å². The van der Waals surface area contributed by atoms with Crippen LogP contribution in [0.15, 0.2) is 36.4 Å². The highest BCUT2D eigenvalue weighted by atomic mass is 35.5. The highest BCUT2D eigenvalue weighted by Gasteiger charge is 2.14. The molecule has 1 fully saturated rings. The topological polar surface area (TPSA) is 58.4 Å². The molecule has 1 heterocycles. The number of nitrogens with two attached hydrogens (primary N) is 1. The van der Waals surface area contributed by atoms with Crippen molar-refractivity contribution in [1.29, 1.82) is 0 Å². The first-order chi connectivity index (χ1) is 11.5. The van der Waals surface area contributed by atoms with Crippen molar-refractivity contribution in [3.05, 3.63) is 52.0 Å². The third kappa shape index (κ3) is 3.77. The molecule has 6 heteroatoms. The number of nitrogens with one attached hydrogen (secondary N) is 1. The Labute approximate surface area is 151 Å². The van der Waals surface area contributed by atoms with Crippen molar-refractivity contribution < 1.29 is 4.79 Å². The Balaban J connectivity index is 1.74. The Morgan fingerprint density at radius 1 is 1.00 bits per heavy atom. The second kappa shape index (κ2) is 7.32. The maximum absolute atomic E-state index is 12.3. The molecule has 0 aromatic heterocycles. The van der Waals surface area contributed by atoms with Gasteiger partial charge in [-0.1, -0.05) is 23.2 Å². The minimum atomic E-state index is -0.251. The molecule has 2 aromatic rings. The molecule has 0 bridgehead atoms. The number of benzene rings is 2. The van der Waals surface area contributed by atoms with E-state index in [1.807, 2.05) is 12.1 Å². The Morgan fingerprint density at radius 3 is 2.42 bits per heavy atom. The van der Waals surface area contributed by atoms with E-state index in [0.29, 0.717) is 27.0 Å². The summed E-state index contributed by atoms with van der Waals surface area (Å²) < 4.78 is 0. The van der Waals surface area contributed by atoms with Crippen molar-refractivity contribution in [1.82, 2.24) is 0 Å². The molecule has 0 atom stereocenters. The van der Waals surface area contributed by atoms with E-state index in [4.69, 9.17) is 28.9 Å². The van der Waals surface area contributed by atoms with Crippen LogP contribution in [0.4, 0.5) is 17.1 Å². The van der Waals surface area contributed by atoms with Crippen LogP contribution in [0.25, 0.3) is 0 Å². The predicted octanol–water partition coefficient (Wildman–Crippen LogP) is 4.82. The van der Waals surface area contributed by atoms with Crippen LogP contribution in [-0.4, -0.2) is 19.0 Å². The van der Waals surface area contributed by atoms with Gasteiger partial charge in [0.15, 0.2) is 0 Å². The molecule has 3 N–H and O–H groups in total. The summed E-state index contributed by atoms with van der Waals surface area (Å²) in [6.45, 7) is 2.05. The van der Waals surface area contributed by atoms with Gasteiger partial charge in [-0.15, -0.1) is 0 Å². The van der Waals surface area contributed by atoms with Crippen LogP contribution >= 0.6 is 23.2 Å². The maximum Gasteiger partial charge on any atom is 0.255 e. The maximum atomic E-state index is 12.3. The summed E-state index contributed by atoms with van der Waals surface area (Å²) in [5.41, 5.74) is 8.98. The standard InChI is InChI=1S/C18H19Cl2N3O/c19-14-6-4-12(10-15(14)20)18(24)22-13-5-7-17(16(21)11-13)23-8-2-1-3-9-23/h4-7,10-11H,1-3,8-9,21H2,(H,22,24). The number of piperidine rings is 1. The molecule has 24 heavy (non-hydrogen) atoms. The summed E-state index contributed by atoms with van der Waals surface area (Å²) in [6, 6.07) is 10.4. The molecule has 1 saturated heterocycles. The SMILES string of the molecule is Nc1cc(NC(=O)c2ccc(Cl)c(Cl)c2)ccc1N1CCCCC1. The Bertz CT molecular complexity index is 758. The smallest absolute Gasteiger partial charge is 0.255 e. The van der Waals surface area contributed by atoms with Gasteiger partial charge in [0, 0.05) is 24.3 Å². The van der Waals surface area contributed by atoms with Crippen molar-refractivity contribution in [3.63, 3.8) is 0 Å². The lowest BCUT2D eigenvalue weighted by molar-refractivity contribution is 0.102. The third-order valence-corrected chi connectivity index (χ3v) is 4.90. The van der Waals surface area contributed by atoms with E-state index >= 15 is 0 Å². The van der Waals surface area contributed by atoms with Crippen LogP contribution < -0.4 is 16.0 Å². The summed E-state index contributed by atoms with van der Waals surface area (Å²) in [6.07, 6.45) is 3.65. The summed E-state index contributed by atoms with van der Waals surface area (Å²) in [7, 11) is 0. The minimum Gasteiger partial charge on any atom is -0.397 e. The second-order valence-electron chi connectivity index (χ2n) is 5.90. The lowest BCUT2D eigenvalue weighted by Crippen LogP contribution is -2.30. The zero-order valence-corrected chi connectivity index (χ0v) is 14.7. The average Bonchev–Trinajstić information content (AvgIpc) is 2.58. The number of carbonyl (C=O) groups excluding carboxylic acids is 1. The number of anilines is 3. The first kappa shape index (κ1) is 16.9. The van der Waals surface area contributed by atoms with E-state index in [1.165, 1.54) is 19.3 Å². The molecule has 1 aliphatic heterocycles. The van der Waals surface area contributed by atoms with Gasteiger partial charge in [-0.05, 0) is 55.7 Å². The fraction of sp³-hybridized carbons (Fsp3) is 0.278. The zero-order chi connectivity index (χ0) is 17.1. The van der Waals surface area contributed by atoms with Gasteiger partial charge in [-0.2, -0.15) is 0 Å². The van der Waals surface area contributed by atoms with Gasteiger partial charge in [-0.3, -0.25) is 4.79 Å². The Hall–Kier alpha value is -1.91. The number of nitrogen functional groups attached to an aromatic ring is 1. The first-order valence-corrected chi connectivity index (χ1v) is 8.71.